The molecule has 0 aromatic carbocycles. The second kappa shape index (κ2) is 13.2. The Balaban J connectivity index is 0. The van der Waals surface area contributed by atoms with Crippen LogP contribution in [0.15, 0.2) is 61.9 Å². The maximum Gasteiger partial charge on any atom is 0.204 e. The Morgan fingerprint density at radius 3 is 1.41 bits per heavy atom. The molecular formula is C18H24BrClN2. The highest BCUT2D eigenvalue weighted by Crippen LogP contribution is 1.92. The molecule has 0 aliphatic rings. The number of nitrogens with zero attached hydrogens (tertiary/aromatic N) is 2. The van der Waals surface area contributed by atoms with Gasteiger partial charge in [0.05, 0.1) is 0 Å². The van der Waals surface area contributed by atoms with Gasteiger partial charge in [-0.05, 0) is 26.0 Å². The molecule has 22 heavy (non-hydrogen) atoms. The average Bonchev–Trinajstić information content (AvgIpc) is 2.55. The van der Waals surface area contributed by atoms with E-state index in [1.807, 2.05) is 36.4 Å². The third-order valence-electron chi connectivity index (χ3n) is 3.05. The van der Waals surface area contributed by atoms with E-state index in [0.717, 1.165) is 13.1 Å². The molecule has 2 rings (SSSR count). The summed E-state index contributed by atoms with van der Waals surface area (Å²) in [6, 6.07) is 12.2. The van der Waals surface area contributed by atoms with Crippen molar-refractivity contribution in [3.63, 3.8) is 0 Å². The van der Waals surface area contributed by atoms with E-state index in [4.69, 9.17) is 0 Å². The van der Waals surface area contributed by atoms with E-state index >= 15 is 0 Å². The van der Waals surface area contributed by atoms with Gasteiger partial charge in [0, 0.05) is 36.4 Å². The van der Waals surface area contributed by atoms with Gasteiger partial charge in [-0.15, -0.1) is 0 Å². The first-order valence-corrected chi connectivity index (χ1v) is 6.98. The van der Waals surface area contributed by atoms with Crippen LogP contribution in [-0.2, 0) is 13.1 Å². The molecule has 0 aliphatic heterocycles. The number of hydrogen-bond acceptors (Lipinski definition) is 0. The van der Waals surface area contributed by atoms with Crippen LogP contribution < -0.4 is 38.5 Å². The fourth-order valence-electron chi connectivity index (χ4n) is 1.93. The Morgan fingerprint density at radius 2 is 1.18 bits per heavy atom. The van der Waals surface area contributed by atoms with Crippen molar-refractivity contribution in [1.29, 1.82) is 0 Å². The largest absolute Gasteiger partial charge is 1.00 e. The standard InChI is InChI=1S/2C9H12N.BrH.ClH/c2*1-3-9-7-5-6-8-10(9)4-2;;/h2*3,5-8H,1,4H2,2H3;2*1H/q2*+1;;/p-2. The number of pyridine rings is 2. The van der Waals surface area contributed by atoms with Crippen LogP contribution in [0.1, 0.15) is 25.2 Å². The highest BCUT2D eigenvalue weighted by Gasteiger charge is 2.00. The number of halogens is 2. The number of aryl methyl sites for hydroxylation is 2. The molecule has 0 bridgehead atoms. The third kappa shape index (κ3) is 7.01. The molecule has 4 heteroatoms. The summed E-state index contributed by atoms with van der Waals surface area (Å²) in [5, 5.41) is 0. The van der Waals surface area contributed by atoms with Crippen LogP contribution in [-0.4, -0.2) is 0 Å². The molecule has 2 aromatic rings. The lowest BCUT2D eigenvalue weighted by atomic mass is 10.3. The summed E-state index contributed by atoms with van der Waals surface area (Å²) >= 11 is 0. The third-order valence-corrected chi connectivity index (χ3v) is 3.05. The average molecular weight is 384 g/mol. The molecule has 2 aromatic heterocycles. The van der Waals surface area contributed by atoms with Crippen molar-refractivity contribution in [2.45, 2.75) is 26.9 Å². The molecule has 0 saturated heterocycles. The Bertz CT molecular complexity index is 519. The molecule has 2 heterocycles. The molecule has 0 aliphatic carbocycles. The van der Waals surface area contributed by atoms with E-state index in [2.05, 4.69) is 60.7 Å². The molecule has 120 valence electrons. The summed E-state index contributed by atoms with van der Waals surface area (Å²) < 4.78 is 4.29. The molecular weight excluding hydrogens is 360 g/mol. The van der Waals surface area contributed by atoms with Crippen LogP contribution >= 0.6 is 0 Å². The fraction of sp³-hybridized carbons (Fsp3) is 0.222. The van der Waals surface area contributed by atoms with Crippen LogP contribution in [0, 0.1) is 0 Å². The maximum absolute atomic E-state index is 3.72. The summed E-state index contributed by atoms with van der Waals surface area (Å²) in [5.41, 5.74) is 2.34. The van der Waals surface area contributed by atoms with Gasteiger partial charge in [0.2, 0.25) is 11.4 Å². The minimum absolute atomic E-state index is 0. The van der Waals surface area contributed by atoms with Crippen molar-refractivity contribution in [2.24, 2.45) is 0 Å². The number of aromatic nitrogens is 2. The van der Waals surface area contributed by atoms with Gasteiger partial charge in [-0.3, -0.25) is 0 Å². The molecule has 0 fully saturated rings. The van der Waals surface area contributed by atoms with Crippen molar-refractivity contribution in [2.75, 3.05) is 0 Å². The van der Waals surface area contributed by atoms with Gasteiger partial charge in [-0.2, -0.15) is 9.13 Å². The van der Waals surface area contributed by atoms with E-state index < -0.39 is 0 Å². The lowest BCUT2D eigenvalue weighted by molar-refractivity contribution is -0.695. The van der Waals surface area contributed by atoms with Crippen LogP contribution in [0.4, 0.5) is 0 Å². The Morgan fingerprint density at radius 1 is 0.818 bits per heavy atom. The van der Waals surface area contributed by atoms with Crippen LogP contribution in [0.2, 0.25) is 0 Å². The Hall–Kier alpha value is -1.45. The zero-order valence-electron chi connectivity index (χ0n) is 13.3. The summed E-state index contributed by atoms with van der Waals surface area (Å²) in [5.74, 6) is 0. The quantitative estimate of drug-likeness (QED) is 0.507. The second-order valence-corrected chi connectivity index (χ2v) is 4.23. The van der Waals surface area contributed by atoms with Crippen LogP contribution in [0.3, 0.4) is 0 Å². The van der Waals surface area contributed by atoms with Gasteiger partial charge in [0.15, 0.2) is 12.4 Å². The van der Waals surface area contributed by atoms with Crippen molar-refractivity contribution in [3.8, 4) is 0 Å². The first-order valence-electron chi connectivity index (χ1n) is 6.98. The van der Waals surface area contributed by atoms with E-state index in [0.29, 0.717) is 0 Å². The summed E-state index contributed by atoms with van der Waals surface area (Å²) in [4.78, 5) is 0. The second-order valence-electron chi connectivity index (χ2n) is 4.23. The summed E-state index contributed by atoms with van der Waals surface area (Å²) in [6.07, 6.45) is 7.83. The minimum atomic E-state index is 0. The molecule has 0 saturated carbocycles. The van der Waals surface area contributed by atoms with Gasteiger partial charge in [0.1, 0.15) is 13.1 Å². The van der Waals surface area contributed by atoms with Crippen LogP contribution in [0.25, 0.3) is 12.2 Å². The van der Waals surface area contributed by atoms with Crippen molar-refractivity contribution in [3.05, 3.63) is 73.3 Å². The molecule has 0 radical (unpaired) electrons. The zero-order chi connectivity index (χ0) is 14.8. The van der Waals surface area contributed by atoms with Crippen molar-refractivity contribution >= 4 is 12.2 Å². The maximum atomic E-state index is 3.72. The van der Waals surface area contributed by atoms with E-state index in [1.165, 1.54) is 11.4 Å². The number of rotatable bonds is 4. The van der Waals surface area contributed by atoms with Gasteiger partial charge < -0.3 is 29.4 Å². The molecule has 0 unspecified atom stereocenters. The topological polar surface area (TPSA) is 7.76 Å². The normalized spacial score (nSPS) is 8.45. The number of hydrogen-bond donors (Lipinski definition) is 0. The first kappa shape index (κ1) is 22.8. The highest BCUT2D eigenvalue weighted by molar-refractivity contribution is 5.37. The SMILES string of the molecule is C=Cc1cccc[n+]1CC.C=Cc1cccc[n+]1CC.[Br-].[Cl-]. The van der Waals surface area contributed by atoms with Crippen LogP contribution in [0.5, 0.6) is 0 Å². The van der Waals surface area contributed by atoms with E-state index in [1.54, 1.807) is 0 Å². The fourth-order valence-corrected chi connectivity index (χ4v) is 1.93. The monoisotopic (exact) mass is 382 g/mol. The zero-order valence-corrected chi connectivity index (χ0v) is 15.6. The molecule has 2 nitrogen and oxygen atoms in total. The van der Waals surface area contributed by atoms with Gasteiger partial charge in [-0.25, -0.2) is 0 Å². The van der Waals surface area contributed by atoms with Gasteiger partial charge in [-0.1, -0.05) is 13.2 Å². The molecule has 0 N–H and O–H groups in total. The van der Waals surface area contributed by atoms with E-state index in [-0.39, 0.29) is 29.4 Å². The van der Waals surface area contributed by atoms with Gasteiger partial charge >= 0.3 is 0 Å². The summed E-state index contributed by atoms with van der Waals surface area (Å²) in [6.45, 7) is 13.7. The molecule has 0 atom stereocenters. The van der Waals surface area contributed by atoms with Crippen molar-refractivity contribution in [1.82, 2.24) is 0 Å². The summed E-state index contributed by atoms with van der Waals surface area (Å²) in [7, 11) is 0. The molecule has 0 spiro atoms. The minimum Gasteiger partial charge on any atom is -1.00 e. The predicted molar refractivity (Wildman–Crippen MR) is 84.8 cm³/mol. The predicted octanol–water partition coefficient (Wildman–Crippen LogP) is -2.72. The lowest BCUT2D eigenvalue weighted by Gasteiger charge is -1.93. The van der Waals surface area contributed by atoms with Crippen molar-refractivity contribution < 1.29 is 38.5 Å². The lowest BCUT2D eigenvalue weighted by Crippen LogP contribution is -3.00. The van der Waals surface area contributed by atoms with E-state index in [9.17, 15) is 0 Å². The highest BCUT2D eigenvalue weighted by atomic mass is 79.9. The Kier molecular flexibility index (Phi) is 13.7. The molecule has 0 amide bonds. The first-order chi connectivity index (χ1) is 9.76. The smallest absolute Gasteiger partial charge is 0.204 e. The van der Waals surface area contributed by atoms with Gasteiger partial charge in [0.25, 0.3) is 0 Å². The Labute approximate surface area is 151 Å².